The molecule has 0 saturated carbocycles. The van der Waals surface area contributed by atoms with Gasteiger partial charge in [-0.05, 0) is 30.7 Å². The predicted octanol–water partition coefficient (Wildman–Crippen LogP) is 5.23. The number of rotatable bonds is 5. The summed E-state index contributed by atoms with van der Waals surface area (Å²) in [5, 5.41) is 0. The van der Waals surface area contributed by atoms with Gasteiger partial charge in [0.25, 0.3) is 5.91 Å². The van der Waals surface area contributed by atoms with E-state index in [0.29, 0.717) is 17.2 Å². The minimum Gasteiger partial charge on any atom is -0.492 e. The molecule has 0 aliphatic heterocycles. The maximum absolute atomic E-state index is 14.0. The van der Waals surface area contributed by atoms with Gasteiger partial charge in [-0.1, -0.05) is 42.5 Å². The van der Waals surface area contributed by atoms with Gasteiger partial charge in [-0.15, -0.1) is 11.3 Å². The summed E-state index contributed by atoms with van der Waals surface area (Å²) >= 11 is 1.35. The molecule has 0 aliphatic carbocycles. The molecule has 0 radical (unpaired) electrons. The summed E-state index contributed by atoms with van der Waals surface area (Å²) in [6.07, 6.45) is 0. The molecule has 3 nitrogen and oxygen atoms in total. The van der Waals surface area contributed by atoms with E-state index in [4.69, 9.17) is 4.74 Å². The van der Waals surface area contributed by atoms with Gasteiger partial charge < -0.3 is 9.64 Å². The number of ether oxygens (including phenoxy) is 1. The second kappa shape index (κ2) is 7.49. The van der Waals surface area contributed by atoms with Crippen molar-refractivity contribution < 1.29 is 13.9 Å². The number of nitrogens with zero attached hydrogens (tertiary/aromatic N) is 1. The van der Waals surface area contributed by atoms with Crippen LogP contribution in [-0.4, -0.2) is 19.6 Å². The van der Waals surface area contributed by atoms with E-state index in [0.717, 1.165) is 10.4 Å². The van der Waals surface area contributed by atoms with Gasteiger partial charge in [0.2, 0.25) is 0 Å². The molecule has 0 aliphatic rings. The Hall–Kier alpha value is -2.66. The van der Waals surface area contributed by atoms with Gasteiger partial charge >= 0.3 is 0 Å². The van der Waals surface area contributed by atoms with Crippen LogP contribution in [0.15, 0.2) is 60.7 Å². The summed E-state index contributed by atoms with van der Waals surface area (Å²) in [5.41, 5.74) is 1.26. The topological polar surface area (TPSA) is 29.5 Å². The molecule has 5 heteroatoms. The van der Waals surface area contributed by atoms with Gasteiger partial charge in [-0.3, -0.25) is 4.79 Å². The summed E-state index contributed by atoms with van der Waals surface area (Å²) in [6, 6.07) is 17.9. The third-order valence-corrected chi connectivity index (χ3v) is 4.92. The molecular weight excluding hydrogens is 337 g/mol. The number of anilines is 1. The highest BCUT2D eigenvalue weighted by Crippen LogP contribution is 2.37. The van der Waals surface area contributed by atoms with Crippen molar-refractivity contribution >= 4 is 22.9 Å². The SMILES string of the molecule is CCOc1cc(-c2ccccc2)sc1C(=O)N(C)c1ccccc1F. The Labute approximate surface area is 150 Å². The van der Waals surface area contributed by atoms with E-state index in [1.165, 1.54) is 22.3 Å². The molecule has 1 amide bonds. The normalized spacial score (nSPS) is 10.5. The van der Waals surface area contributed by atoms with E-state index >= 15 is 0 Å². The monoisotopic (exact) mass is 355 g/mol. The van der Waals surface area contributed by atoms with Crippen LogP contribution in [0.3, 0.4) is 0 Å². The van der Waals surface area contributed by atoms with Crippen LogP contribution in [0.25, 0.3) is 10.4 Å². The van der Waals surface area contributed by atoms with Gasteiger partial charge in [0.15, 0.2) is 0 Å². The van der Waals surface area contributed by atoms with Gasteiger partial charge in [-0.2, -0.15) is 0 Å². The largest absolute Gasteiger partial charge is 0.492 e. The van der Waals surface area contributed by atoms with Gasteiger partial charge in [0, 0.05) is 11.9 Å². The number of hydrogen-bond acceptors (Lipinski definition) is 3. The minimum atomic E-state index is -0.434. The third-order valence-electron chi connectivity index (χ3n) is 3.77. The average Bonchev–Trinajstić information content (AvgIpc) is 3.06. The second-order valence-corrected chi connectivity index (χ2v) is 6.47. The molecule has 25 heavy (non-hydrogen) atoms. The van der Waals surface area contributed by atoms with E-state index in [2.05, 4.69) is 0 Å². The Bertz CT molecular complexity index is 876. The lowest BCUT2D eigenvalue weighted by Gasteiger charge is -2.17. The number of hydrogen-bond donors (Lipinski definition) is 0. The van der Waals surface area contributed by atoms with E-state index in [9.17, 15) is 9.18 Å². The van der Waals surface area contributed by atoms with Gasteiger partial charge in [-0.25, -0.2) is 4.39 Å². The average molecular weight is 355 g/mol. The highest BCUT2D eigenvalue weighted by molar-refractivity contribution is 7.17. The Morgan fingerprint density at radius 1 is 1.12 bits per heavy atom. The molecule has 2 aromatic carbocycles. The maximum Gasteiger partial charge on any atom is 0.272 e. The first kappa shape index (κ1) is 17.2. The number of amides is 1. The van der Waals surface area contributed by atoms with Crippen LogP contribution < -0.4 is 9.64 Å². The zero-order chi connectivity index (χ0) is 17.8. The van der Waals surface area contributed by atoms with Crippen molar-refractivity contribution in [3.63, 3.8) is 0 Å². The van der Waals surface area contributed by atoms with Crippen LogP contribution in [0.1, 0.15) is 16.6 Å². The molecule has 3 aromatic rings. The summed E-state index contributed by atoms with van der Waals surface area (Å²) in [5.74, 6) is -0.198. The Kier molecular flexibility index (Phi) is 5.14. The van der Waals surface area contributed by atoms with Crippen molar-refractivity contribution in [2.24, 2.45) is 0 Å². The van der Waals surface area contributed by atoms with Crippen LogP contribution in [0.2, 0.25) is 0 Å². The molecule has 1 aromatic heterocycles. The second-order valence-electron chi connectivity index (χ2n) is 5.42. The molecule has 0 N–H and O–H groups in total. The summed E-state index contributed by atoms with van der Waals surface area (Å²) in [7, 11) is 1.57. The fourth-order valence-corrected chi connectivity index (χ4v) is 3.60. The number of carbonyl (C=O) groups is 1. The van der Waals surface area contributed by atoms with Crippen molar-refractivity contribution in [2.45, 2.75) is 6.92 Å². The Balaban J connectivity index is 1.99. The number of halogens is 1. The highest BCUT2D eigenvalue weighted by Gasteiger charge is 2.23. The minimum absolute atomic E-state index is 0.240. The molecule has 128 valence electrons. The van der Waals surface area contributed by atoms with Gasteiger partial charge in [0.1, 0.15) is 16.4 Å². The molecule has 0 unspecified atom stereocenters. The van der Waals surface area contributed by atoms with Crippen LogP contribution in [0, 0.1) is 5.82 Å². The number of thiophene rings is 1. The fourth-order valence-electron chi connectivity index (χ4n) is 2.52. The van der Waals surface area contributed by atoms with E-state index in [1.54, 1.807) is 25.2 Å². The number of carbonyl (C=O) groups excluding carboxylic acids is 1. The maximum atomic E-state index is 14.0. The first-order chi connectivity index (χ1) is 12.1. The van der Waals surface area contributed by atoms with Crippen molar-refractivity contribution in [1.82, 2.24) is 0 Å². The van der Waals surface area contributed by atoms with E-state index < -0.39 is 5.82 Å². The molecule has 0 bridgehead atoms. The Morgan fingerprint density at radius 3 is 2.48 bits per heavy atom. The smallest absolute Gasteiger partial charge is 0.272 e. The molecule has 0 fully saturated rings. The molecule has 3 rings (SSSR count). The quantitative estimate of drug-likeness (QED) is 0.627. The summed E-state index contributed by atoms with van der Waals surface area (Å²) in [4.78, 5) is 15.6. The van der Waals surface area contributed by atoms with Gasteiger partial charge in [0.05, 0.1) is 12.3 Å². The molecular formula is C20H18FNO2S. The van der Waals surface area contributed by atoms with Crippen molar-refractivity contribution in [2.75, 3.05) is 18.6 Å². The van der Waals surface area contributed by atoms with E-state index in [-0.39, 0.29) is 11.6 Å². The number of benzene rings is 2. The first-order valence-corrected chi connectivity index (χ1v) is 8.78. The standard InChI is InChI=1S/C20H18FNO2S/c1-3-24-17-13-18(14-9-5-4-6-10-14)25-19(17)20(23)22(2)16-12-8-7-11-15(16)21/h4-13H,3H2,1-2H3. The lowest BCUT2D eigenvalue weighted by molar-refractivity contribution is 0.0993. The lowest BCUT2D eigenvalue weighted by atomic mass is 10.2. The highest BCUT2D eigenvalue weighted by atomic mass is 32.1. The molecule has 1 heterocycles. The fraction of sp³-hybridized carbons (Fsp3) is 0.150. The van der Waals surface area contributed by atoms with Crippen LogP contribution >= 0.6 is 11.3 Å². The molecule has 0 saturated heterocycles. The van der Waals surface area contributed by atoms with Crippen LogP contribution in [0.5, 0.6) is 5.75 Å². The third kappa shape index (κ3) is 3.56. The van der Waals surface area contributed by atoms with Crippen molar-refractivity contribution in [3.05, 3.63) is 71.4 Å². The zero-order valence-electron chi connectivity index (χ0n) is 14.0. The molecule has 0 spiro atoms. The first-order valence-electron chi connectivity index (χ1n) is 7.96. The number of para-hydroxylation sites is 1. The zero-order valence-corrected chi connectivity index (χ0v) is 14.8. The Morgan fingerprint density at radius 2 is 1.80 bits per heavy atom. The van der Waals surface area contributed by atoms with E-state index in [1.807, 2.05) is 43.3 Å². The predicted molar refractivity (Wildman–Crippen MR) is 100 cm³/mol. The summed E-state index contributed by atoms with van der Waals surface area (Å²) < 4.78 is 19.7. The van der Waals surface area contributed by atoms with Crippen molar-refractivity contribution in [1.29, 1.82) is 0 Å². The summed E-state index contributed by atoms with van der Waals surface area (Å²) in [6.45, 7) is 2.32. The molecule has 0 atom stereocenters. The lowest BCUT2D eigenvalue weighted by Crippen LogP contribution is -2.26. The van der Waals surface area contributed by atoms with Crippen LogP contribution in [0.4, 0.5) is 10.1 Å². The van der Waals surface area contributed by atoms with Crippen LogP contribution in [-0.2, 0) is 0 Å². The van der Waals surface area contributed by atoms with Crippen molar-refractivity contribution in [3.8, 4) is 16.2 Å².